The van der Waals surface area contributed by atoms with E-state index >= 15 is 0 Å². The van der Waals surface area contributed by atoms with Gasteiger partial charge in [-0.15, -0.1) is 0 Å². The Kier molecular flexibility index (Phi) is 27.8. The first kappa shape index (κ1) is 44.7. The SMILES string of the molecule is CC/C=C\C/C=C\C/C=C\C/C=C\CCCCCCCCC(=O)OC(COC(=O)CCCCCCC)COC1OC(CO)C(O)C(O)C1O. The molecule has 1 rings (SSSR count). The number of allylic oxidation sites excluding steroid dienone is 8. The first-order valence-electron chi connectivity index (χ1n) is 18.7. The molecule has 0 aliphatic carbocycles. The van der Waals surface area contributed by atoms with Crippen molar-refractivity contribution in [1.82, 2.24) is 0 Å². The van der Waals surface area contributed by atoms with Gasteiger partial charge in [0.05, 0.1) is 13.2 Å². The fourth-order valence-electron chi connectivity index (χ4n) is 5.24. The van der Waals surface area contributed by atoms with Crippen LogP contribution in [0.3, 0.4) is 0 Å². The van der Waals surface area contributed by atoms with Crippen molar-refractivity contribution in [2.45, 2.75) is 166 Å². The van der Waals surface area contributed by atoms with Crippen LogP contribution in [0.4, 0.5) is 0 Å². The summed E-state index contributed by atoms with van der Waals surface area (Å²) in [5.74, 6) is -0.843. The van der Waals surface area contributed by atoms with Gasteiger partial charge in [0.15, 0.2) is 12.4 Å². The van der Waals surface area contributed by atoms with Crippen LogP contribution in [0.2, 0.25) is 0 Å². The molecule has 49 heavy (non-hydrogen) atoms. The van der Waals surface area contributed by atoms with E-state index in [4.69, 9.17) is 18.9 Å². The lowest BCUT2D eigenvalue weighted by molar-refractivity contribution is -0.305. The Hall–Kier alpha value is -2.34. The van der Waals surface area contributed by atoms with Crippen molar-refractivity contribution in [3.63, 3.8) is 0 Å². The van der Waals surface area contributed by atoms with Gasteiger partial charge in [-0.3, -0.25) is 9.59 Å². The Morgan fingerprint density at radius 3 is 1.82 bits per heavy atom. The summed E-state index contributed by atoms with van der Waals surface area (Å²) in [7, 11) is 0. The summed E-state index contributed by atoms with van der Waals surface area (Å²) >= 11 is 0. The zero-order valence-electron chi connectivity index (χ0n) is 30.2. The molecule has 1 fully saturated rings. The highest BCUT2D eigenvalue weighted by molar-refractivity contribution is 5.70. The van der Waals surface area contributed by atoms with Gasteiger partial charge in [0, 0.05) is 12.8 Å². The van der Waals surface area contributed by atoms with Crippen molar-refractivity contribution in [3.05, 3.63) is 48.6 Å². The number of rotatable bonds is 29. The number of carbonyl (C=O) groups is 2. The molecule has 0 aromatic carbocycles. The van der Waals surface area contributed by atoms with Crippen LogP contribution in [0.25, 0.3) is 0 Å². The number of ether oxygens (including phenoxy) is 4. The first-order chi connectivity index (χ1) is 23.8. The Bertz CT molecular complexity index is 944. The number of aliphatic hydroxyl groups is 4. The molecular formula is C39H66O10. The Morgan fingerprint density at radius 1 is 0.653 bits per heavy atom. The summed E-state index contributed by atoms with van der Waals surface area (Å²) in [6.45, 7) is 3.16. The quantitative estimate of drug-likeness (QED) is 0.0386. The fraction of sp³-hybridized carbons (Fsp3) is 0.744. The molecule has 1 saturated heterocycles. The number of unbranched alkanes of at least 4 members (excludes halogenated alkanes) is 10. The van der Waals surface area contributed by atoms with Crippen molar-refractivity contribution in [2.24, 2.45) is 0 Å². The van der Waals surface area contributed by atoms with Crippen LogP contribution in [0, 0.1) is 0 Å². The van der Waals surface area contributed by atoms with Crippen LogP contribution in [0.15, 0.2) is 48.6 Å². The normalized spacial score (nSPS) is 22.1. The third kappa shape index (κ3) is 22.9. The van der Waals surface area contributed by atoms with Crippen LogP contribution in [-0.2, 0) is 28.5 Å². The van der Waals surface area contributed by atoms with Crippen LogP contribution in [0.1, 0.15) is 129 Å². The fourth-order valence-corrected chi connectivity index (χ4v) is 5.24. The average Bonchev–Trinajstić information content (AvgIpc) is 3.10. The molecule has 6 atom stereocenters. The highest BCUT2D eigenvalue weighted by Gasteiger charge is 2.44. The minimum Gasteiger partial charge on any atom is -0.462 e. The maximum Gasteiger partial charge on any atom is 0.306 e. The predicted octanol–water partition coefficient (Wildman–Crippen LogP) is 6.54. The van der Waals surface area contributed by atoms with Gasteiger partial charge >= 0.3 is 11.9 Å². The molecule has 0 radical (unpaired) electrons. The van der Waals surface area contributed by atoms with Crippen LogP contribution in [0.5, 0.6) is 0 Å². The van der Waals surface area contributed by atoms with Crippen molar-refractivity contribution in [2.75, 3.05) is 19.8 Å². The molecule has 0 saturated carbocycles. The highest BCUT2D eigenvalue weighted by Crippen LogP contribution is 2.22. The summed E-state index contributed by atoms with van der Waals surface area (Å²) in [6.07, 6.45) is 26.0. The van der Waals surface area contributed by atoms with Gasteiger partial charge in [-0.05, 0) is 51.4 Å². The second-order valence-corrected chi connectivity index (χ2v) is 12.7. The van der Waals surface area contributed by atoms with Crippen LogP contribution in [-0.4, -0.2) is 89.0 Å². The van der Waals surface area contributed by atoms with E-state index in [1.54, 1.807) is 0 Å². The van der Waals surface area contributed by atoms with Crippen molar-refractivity contribution in [3.8, 4) is 0 Å². The molecule has 1 aliphatic heterocycles. The van der Waals surface area contributed by atoms with E-state index in [1.165, 1.54) is 0 Å². The first-order valence-corrected chi connectivity index (χ1v) is 18.7. The monoisotopic (exact) mass is 694 g/mol. The van der Waals surface area contributed by atoms with Crippen LogP contribution >= 0.6 is 0 Å². The maximum atomic E-state index is 12.6. The second-order valence-electron chi connectivity index (χ2n) is 12.7. The third-order valence-electron chi connectivity index (χ3n) is 8.23. The molecule has 6 unspecified atom stereocenters. The van der Waals surface area contributed by atoms with E-state index in [0.717, 1.165) is 96.3 Å². The lowest BCUT2D eigenvalue weighted by atomic mass is 9.99. The lowest BCUT2D eigenvalue weighted by Crippen LogP contribution is -2.59. The van der Waals surface area contributed by atoms with E-state index in [9.17, 15) is 30.0 Å². The predicted molar refractivity (Wildman–Crippen MR) is 192 cm³/mol. The summed E-state index contributed by atoms with van der Waals surface area (Å²) in [5.41, 5.74) is 0. The van der Waals surface area contributed by atoms with Gasteiger partial charge in [0.1, 0.15) is 31.0 Å². The lowest BCUT2D eigenvalue weighted by Gasteiger charge is -2.39. The summed E-state index contributed by atoms with van der Waals surface area (Å²) in [5, 5.41) is 39.7. The van der Waals surface area contributed by atoms with Gasteiger partial charge < -0.3 is 39.4 Å². The number of aliphatic hydroxyl groups excluding tert-OH is 4. The van der Waals surface area contributed by atoms with Crippen LogP contribution < -0.4 is 0 Å². The number of carbonyl (C=O) groups excluding carboxylic acids is 2. The topological polar surface area (TPSA) is 152 Å². The van der Waals surface area contributed by atoms with Gasteiger partial charge in [0.25, 0.3) is 0 Å². The number of hydrogen-bond donors (Lipinski definition) is 4. The number of hydrogen-bond acceptors (Lipinski definition) is 10. The summed E-state index contributed by atoms with van der Waals surface area (Å²) in [4.78, 5) is 24.9. The standard InChI is InChI=1S/C39H66O10/c1-3-5-7-9-10-11-12-13-14-15-16-17-18-19-20-21-22-24-26-28-35(42)48-32(30-46-34(41)27-25-23-8-6-4-2)31-47-39-38(45)37(44)36(43)33(29-40)49-39/h5,7,10-11,13-14,16-17,32-33,36-40,43-45H,3-4,6,8-9,12,15,18-31H2,1-2H3/b7-5-,11-10-,14-13-,17-16-. The van der Waals surface area contributed by atoms with E-state index < -0.39 is 55.4 Å². The van der Waals surface area contributed by atoms with Gasteiger partial charge in [0.2, 0.25) is 0 Å². The van der Waals surface area contributed by atoms with E-state index in [1.807, 2.05) is 0 Å². The minimum atomic E-state index is -1.60. The van der Waals surface area contributed by atoms with Crippen molar-refractivity contribution >= 4 is 11.9 Å². The molecule has 0 aromatic rings. The largest absolute Gasteiger partial charge is 0.462 e. The Balaban J connectivity index is 2.33. The molecule has 0 spiro atoms. The van der Waals surface area contributed by atoms with Gasteiger partial charge in [-0.2, -0.15) is 0 Å². The Labute approximate surface area is 295 Å². The van der Waals surface area contributed by atoms with Crippen molar-refractivity contribution < 1.29 is 49.0 Å². The summed E-state index contributed by atoms with van der Waals surface area (Å²) in [6, 6.07) is 0. The average molecular weight is 695 g/mol. The van der Waals surface area contributed by atoms with E-state index in [2.05, 4.69) is 62.5 Å². The molecular weight excluding hydrogens is 628 g/mol. The molecule has 10 nitrogen and oxygen atoms in total. The molecule has 0 bridgehead atoms. The molecule has 10 heteroatoms. The van der Waals surface area contributed by atoms with Crippen molar-refractivity contribution in [1.29, 1.82) is 0 Å². The third-order valence-corrected chi connectivity index (χ3v) is 8.23. The molecule has 0 aromatic heterocycles. The summed E-state index contributed by atoms with van der Waals surface area (Å²) < 4.78 is 21.9. The molecule has 4 N–H and O–H groups in total. The highest BCUT2D eigenvalue weighted by atomic mass is 16.7. The maximum absolute atomic E-state index is 12.6. The zero-order chi connectivity index (χ0) is 36.0. The molecule has 282 valence electrons. The molecule has 1 aliphatic rings. The smallest absolute Gasteiger partial charge is 0.306 e. The van der Waals surface area contributed by atoms with E-state index in [0.29, 0.717) is 6.42 Å². The molecule has 1 heterocycles. The number of esters is 2. The molecule has 0 amide bonds. The van der Waals surface area contributed by atoms with E-state index in [-0.39, 0.29) is 26.1 Å². The van der Waals surface area contributed by atoms with Gasteiger partial charge in [-0.25, -0.2) is 0 Å². The second kappa shape index (κ2) is 30.5. The Morgan fingerprint density at radius 2 is 1.20 bits per heavy atom. The zero-order valence-corrected chi connectivity index (χ0v) is 30.2. The van der Waals surface area contributed by atoms with Gasteiger partial charge in [-0.1, -0.05) is 114 Å². The minimum absolute atomic E-state index is 0.212.